The van der Waals surface area contributed by atoms with Gasteiger partial charge in [-0.15, -0.1) is 0 Å². The fourth-order valence-electron chi connectivity index (χ4n) is 10.1. The van der Waals surface area contributed by atoms with Gasteiger partial charge in [0.05, 0.1) is 40.4 Å². The number of fused-ring (bicyclic) bond motifs is 2. The fraction of sp³-hybridized carbons (Fsp3) is 0.520. The number of nitriles is 1. The molecule has 1 atom stereocenters. The van der Waals surface area contributed by atoms with Crippen LogP contribution in [0.3, 0.4) is 0 Å². The van der Waals surface area contributed by atoms with Crippen LogP contribution in [0.15, 0.2) is 60.9 Å². The summed E-state index contributed by atoms with van der Waals surface area (Å²) in [7, 11) is 2.99. The maximum atomic E-state index is 15.0. The van der Waals surface area contributed by atoms with Crippen LogP contribution < -0.4 is 20.9 Å². The van der Waals surface area contributed by atoms with Crippen molar-refractivity contribution in [2.45, 2.75) is 108 Å². The Morgan fingerprint density at radius 2 is 1.67 bits per heavy atom. The molecule has 14 nitrogen and oxygen atoms in total. The molecule has 0 radical (unpaired) electrons. The predicted molar refractivity (Wildman–Crippen MR) is 250 cm³/mol. The molecule has 16 heteroatoms. The number of piperazine rings is 1. The van der Waals surface area contributed by atoms with Crippen molar-refractivity contribution in [3.8, 4) is 6.07 Å². The molecular formula is C50H64F2N10O4. The van der Waals surface area contributed by atoms with E-state index in [1.807, 2.05) is 32.0 Å². The van der Waals surface area contributed by atoms with Gasteiger partial charge in [0.2, 0.25) is 5.91 Å². The molecule has 3 aromatic heterocycles. The molecule has 5 heterocycles. The second-order valence-corrected chi connectivity index (χ2v) is 18.8. The molecule has 9 rings (SSSR count). The third-order valence-electron chi connectivity index (χ3n) is 14.0. The monoisotopic (exact) mass is 907 g/mol. The fourth-order valence-corrected chi connectivity index (χ4v) is 10.1. The van der Waals surface area contributed by atoms with E-state index in [1.54, 1.807) is 25.2 Å². The van der Waals surface area contributed by atoms with Gasteiger partial charge in [-0.3, -0.25) is 19.2 Å². The Hall–Kier alpha value is -5.76. The van der Waals surface area contributed by atoms with E-state index < -0.39 is 29.1 Å². The zero-order chi connectivity index (χ0) is 47.0. The minimum atomic E-state index is -1.01. The van der Waals surface area contributed by atoms with Crippen LogP contribution in [0.5, 0.6) is 0 Å². The molecule has 4 N–H and O–H groups in total. The van der Waals surface area contributed by atoms with Crippen LogP contribution >= 0.6 is 0 Å². The quantitative estimate of drug-likeness (QED) is 0.110. The summed E-state index contributed by atoms with van der Waals surface area (Å²) >= 11 is 0. The van der Waals surface area contributed by atoms with Crippen molar-refractivity contribution in [2.24, 2.45) is 5.41 Å². The summed E-state index contributed by atoms with van der Waals surface area (Å²) in [6, 6.07) is 17.1. The van der Waals surface area contributed by atoms with Crippen LogP contribution in [0.2, 0.25) is 0 Å². The Bertz CT molecular complexity index is 2490. The molecule has 2 saturated heterocycles. The maximum Gasteiger partial charge on any atom is 0.269 e. The van der Waals surface area contributed by atoms with Gasteiger partial charge in [-0.25, -0.2) is 13.3 Å². The molecular weight excluding hydrogens is 843 g/mol. The highest BCUT2D eigenvalue weighted by molar-refractivity contribution is 5.93. The molecule has 2 aromatic carbocycles. The summed E-state index contributed by atoms with van der Waals surface area (Å²) in [6.45, 7) is 9.59. The van der Waals surface area contributed by atoms with Crippen LogP contribution in [0.25, 0.3) is 16.4 Å². The Morgan fingerprint density at radius 3 is 2.29 bits per heavy atom. The molecule has 2 saturated carbocycles. The summed E-state index contributed by atoms with van der Waals surface area (Å²) < 4.78 is 33.6. The number of amides is 2. The molecule has 352 valence electrons. The second-order valence-electron chi connectivity index (χ2n) is 18.8. The number of hydrogen-bond acceptors (Lipinski definition) is 10. The highest BCUT2D eigenvalue weighted by Gasteiger charge is 2.48. The minimum Gasteiger partial charge on any atom is -0.386 e. The lowest BCUT2D eigenvalue weighted by atomic mass is 9.60. The number of hydrogen-bond donors (Lipinski definition) is 4. The maximum absolute atomic E-state index is 15.0. The van der Waals surface area contributed by atoms with Crippen molar-refractivity contribution in [3.63, 3.8) is 0 Å². The van der Waals surface area contributed by atoms with Crippen molar-refractivity contribution in [1.82, 2.24) is 40.2 Å². The van der Waals surface area contributed by atoms with E-state index in [-0.39, 0.29) is 24.3 Å². The SMILES string of the molecule is CC(C)(O)c1ccc2cn(C3CCCCC3)nc2c1.CNC(=O)C(CCC=O)c1c(F)cc(N2CCC3(CC2)CC(N2CCNCC2)C3)cc1F.CNC(=O)c1ccc2cc(C#N)cnn12. The topological polar surface area (TPSA) is 173 Å². The Labute approximate surface area is 385 Å². The number of likely N-dealkylation sites (N-methyl/N-ethyl adjacent to an activating group) is 1. The van der Waals surface area contributed by atoms with Crippen molar-refractivity contribution in [1.29, 1.82) is 5.26 Å². The minimum absolute atomic E-state index is 0.0713. The predicted octanol–water partition coefficient (Wildman–Crippen LogP) is 6.76. The first-order valence-electron chi connectivity index (χ1n) is 23.4. The third kappa shape index (κ3) is 11.1. The van der Waals surface area contributed by atoms with Gasteiger partial charge in [-0.2, -0.15) is 15.5 Å². The van der Waals surface area contributed by atoms with Crippen molar-refractivity contribution < 1.29 is 28.3 Å². The average molecular weight is 907 g/mol. The number of aldehydes is 1. The number of halogens is 2. The standard InChI is InChI=1S/C24H34F2N4O2.C16H22N2O.C10H8N4O/c1-27-23(32)19(3-2-12-31)22-20(25)13-17(14-21(22)26)29-8-4-24(5-9-29)15-18(16-24)30-10-6-28-7-11-30;1-16(2,19)13-9-8-12-11-18(17-15(12)10-13)14-6-4-3-5-7-14;1-12-10(15)9-3-2-8-4-7(5-11)6-13-14(8)9/h12-14,18-19,28H,2-11,15-16H2,1H3,(H,27,32);8-11,14,19H,3-7H2,1-2H3;2-4,6H,1H3,(H,12,15). The van der Waals surface area contributed by atoms with E-state index in [4.69, 9.17) is 10.4 Å². The first-order chi connectivity index (χ1) is 31.8. The number of piperidine rings is 1. The van der Waals surface area contributed by atoms with Gasteiger partial charge in [0, 0.05) is 88.7 Å². The lowest BCUT2D eigenvalue weighted by Crippen LogP contribution is -2.58. The summed E-state index contributed by atoms with van der Waals surface area (Å²) in [5, 5.41) is 37.0. The van der Waals surface area contributed by atoms with Crippen LogP contribution in [-0.2, 0) is 15.2 Å². The normalized spacial score (nSPS) is 18.3. The van der Waals surface area contributed by atoms with Crippen molar-refractivity contribution in [2.75, 3.05) is 58.3 Å². The van der Waals surface area contributed by atoms with Crippen LogP contribution in [0.1, 0.15) is 124 Å². The van der Waals surface area contributed by atoms with E-state index in [9.17, 15) is 28.3 Å². The highest BCUT2D eigenvalue weighted by Crippen LogP contribution is 2.51. The number of aromatic nitrogens is 4. The summed E-state index contributed by atoms with van der Waals surface area (Å²) in [6.07, 6.45) is 15.4. The Balaban J connectivity index is 0.000000161. The summed E-state index contributed by atoms with van der Waals surface area (Å²) in [4.78, 5) is 39.0. The first kappa shape index (κ1) is 48.2. The van der Waals surface area contributed by atoms with Gasteiger partial charge in [0.15, 0.2) is 0 Å². The molecule has 0 bridgehead atoms. The Kier molecular flexibility index (Phi) is 15.5. The van der Waals surface area contributed by atoms with Crippen LogP contribution in [-0.4, -0.2) is 107 Å². The van der Waals surface area contributed by atoms with Gasteiger partial charge in [-0.05, 0) is 106 Å². The second kappa shape index (κ2) is 21.3. The molecule has 1 spiro atoms. The molecule has 1 unspecified atom stereocenters. The summed E-state index contributed by atoms with van der Waals surface area (Å²) in [5.41, 5.74) is 3.43. The van der Waals surface area contributed by atoms with Gasteiger partial charge in [0.1, 0.15) is 29.7 Å². The average Bonchev–Trinajstić information content (AvgIpc) is 3.96. The molecule has 66 heavy (non-hydrogen) atoms. The number of anilines is 1. The van der Waals surface area contributed by atoms with Gasteiger partial charge in [-0.1, -0.05) is 31.4 Å². The summed E-state index contributed by atoms with van der Waals surface area (Å²) in [5.74, 6) is -3.14. The van der Waals surface area contributed by atoms with Gasteiger partial charge >= 0.3 is 0 Å². The zero-order valence-corrected chi connectivity index (χ0v) is 38.7. The lowest BCUT2D eigenvalue weighted by Gasteiger charge is -2.56. The van der Waals surface area contributed by atoms with E-state index in [1.165, 1.54) is 80.2 Å². The largest absolute Gasteiger partial charge is 0.386 e. The zero-order valence-electron chi connectivity index (χ0n) is 38.7. The number of nitrogens with one attached hydrogen (secondary N) is 3. The molecule has 2 aliphatic carbocycles. The Morgan fingerprint density at radius 1 is 0.970 bits per heavy atom. The van der Waals surface area contributed by atoms with E-state index in [0.29, 0.717) is 40.7 Å². The van der Waals surface area contributed by atoms with E-state index >= 15 is 0 Å². The molecule has 2 amide bonds. The van der Waals surface area contributed by atoms with E-state index in [2.05, 4.69) is 47.8 Å². The molecule has 2 aliphatic heterocycles. The third-order valence-corrected chi connectivity index (χ3v) is 14.0. The highest BCUT2D eigenvalue weighted by atomic mass is 19.1. The van der Waals surface area contributed by atoms with Crippen molar-refractivity contribution in [3.05, 3.63) is 94.9 Å². The lowest BCUT2D eigenvalue weighted by molar-refractivity contribution is -0.122. The van der Waals surface area contributed by atoms with Crippen LogP contribution in [0, 0.1) is 28.4 Å². The number of carbonyl (C=O) groups excluding carboxylic acids is 3. The number of rotatable bonds is 10. The number of carbonyl (C=O) groups is 3. The van der Waals surface area contributed by atoms with E-state index in [0.717, 1.165) is 68.7 Å². The van der Waals surface area contributed by atoms with Gasteiger partial charge < -0.3 is 30.8 Å². The number of aliphatic hydroxyl groups is 1. The number of nitrogens with zero attached hydrogens (tertiary/aromatic N) is 7. The molecule has 4 fully saturated rings. The van der Waals surface area contributed by atoms with Gasteiger partial charge in [0.25, 0.3) is 5.91 Å². The molecule has 4 aliphatic rings. The van der Waals surface area contributed by atoms with Crippen LogP contribution in [0.4, 0.5) is 14.5 Å². The number of benzene rings is 2. The first-order valence-corrected chi connectivity index (χ1v) is 23.4. The smallest absolute Gasteiger partial charge is 0.269 e. The van der Waals surface area contributed by atoms with Crippen molar-refractivity contribution >= 4 is 40.2 Å². The molecule has 5 aromatic rings.